The van der Waals surface area contributed by atoms with Crippen LogP contribution in [0.1, 0.15) is 41.7 Å². The molecule has 0 radical (unpaired) electrons. The summed E-state index contributed by atoms with van der Waals surface area (Å²) < 4.78 is 5.60. The lowest BCUT2D eigenvalue weighted by Gasteiger charge is -2.28. The van der Waals surface area contributed by atoms with Crippen molar-refractivity contribution in [2.75, 3.05) is 31.6 Å². The molecule has 1 saturated carbocycles. The van der Waals surface area contributed by atoms with Crippen LogP contribution < -0.4 is 11.1 Å². The first-order valence-corrected chi connectivity index (χ1v) is 15.5. The molecular weight excluding hydrogens is 550 g/mol. The van der Waals surface area contributed by atoms with E-state index in [2.05, 4.69) is 46.6 Å². The van der Waals surface area contributed by atoms with Gasteiger partial charge in [-0.15, -0.1) is 0 Å². The van der Waals surface area contributed by atoms with E-state index in [-0.39, 0.29) is 12.1 Å². The molecule has 2 aromatic heterocycles. The molecule has 8 heteroatoms. The Bertz CT molecular complexity index is 1830. The molecule has 7 rings (SSSR count). The second-order valence-electron chi connectivity index (χ2n) is 11.9. The molecule has 4 N–H and O–H groups in total. The van der Waals surface area contributed by atoms with Crippen molar-refractivity contribution in [1.82, 2.24) is 14.9 Å². The van der Waals surface area contributed by atoms with E-state index < -0.39 is 5.91 Å². The summed E-state index contributed by atoms with van der Waals surface area (Å²) in [4.78, 5) is 24.8. The van der Waals surface area contributed by atoms with E-state index in [9.17, 15) is 9.90 Å². The fourth-order valence-electron chi connectivity index (χ4n) is 6.56. The molecule has 1 aliphatic carbocycles. The minimum Gasteiger partial charge on any atom is -0.393 e. The van der Waals surface area contributed by atoms with Gasteiger partial charge in [0.05, 0.1) is 41.8 Å². The monoisotopic (exact) mass is 587 g/mol. The van der Waals surface area contributed by atoms with Gasteiger partial charge in [-0.05, 0) is 67.0 Å². The van der Waals surface area contributed by atoms with Gasteiger partial charge in [0.2, 0.25) is 0 Å². The fraction of sp³-hybridized carbons (Fsp3) is 0.306. The minimum absolute atomic E-state index is 0.163. The van der Waals surface area contributed by atoms with Gasteiger partial charge in [-0.25, -0.2) is 0 Å². The molecule has 3 aromatic carbocycles. The zero-order valence-electron chi connectivity index (χ0n) is 24.7. The first-order chi connectivity index (χ1) is 21.5. The van der Waals surface area contributed by atoms with E-state index in [1.807, 2.05) is 36.5 Å². The van der Waals surface area contributed by atoms with Crippen molar-refractivity contribution < 1.29 is 14.6 Å². The zero-order valence-corrected chi connectivity index (χ0v) is 24.7. The van der Waals surface area contributed by atoms with Crippen LogP contribution >= 0.6 is 0 Å². The van der Waals surface area contributed by atoms with Crippen molar-refractivity contribution in [3.8, 4) is 22.4 Å². The number of nitrogens with two attached hydrogens (primary N) is 1. The highest BCUT2D eigenvalue weighted by molar-refractivity contribution is 6.05. The average molecular weight is 588 g/mol. The summed E-state index contributed by atoms with van der Waals surface area (Å²) in [6.07, 6.45) is 4.85. The number of morpholine rings is 1. The van der Waals surface area contributed by atoms with Crippen LogP contribution in [0.25, 0.3) is 44.1 Å². The number of nitrogens with one attached hydrogen (secondary N) is 1. The third-order valence-corrected chi connectivity index (χ3v) is 8.93. The largest absolute Gasteiger partial charge is 0.393 e. The highest BCUT2D eigenvalue weighted by atomic mass is 16.5. The molecule has 0 bridgehead atoms. The number of anilines is 1. The third-order valence-electron chi connectivity index (χ3n) is 8.93. The number of amides is 1. The second kappa shape index (κ2) is 12.3. The standard InChI is InChI=1S/C36H37N5O3/c37-36(43)31-13-8-24(19-34(31)39-26-9-11-28(42)12-10-26)35-30-6-3-5-29(25-18-23-4-1-2-7-33(23)38-21-25)32(30)20-27(40-35)22-41-14-16-44-17-15-41/h1-8,13,18-21,26,28,39,42H,9-12,14-17,22H2,(H2,37,43). The van der Waals surface area contributed by atoms with E-state index >= 15 is 0 Å². The van der Waals surface area contributed by atoms with Gasteiger partial charge in [0.15, 0.2) is 0 Å². The van der Waals surface area contributed by atoms with Crippen LogP contribution in [0.3, 0.4) is 0 Å². The molecule has 1 saturated heterocycles. The molecule has 0 atom stereocenters. The van der Waals surface area contributed by atoms with Crippen LogP contribution in [-0.2, 0) is 11.3 Å². The SMILES string of the molecule is NC(=O)c1ccc(-c2nc(CN3CCOCC3)cc3c(-c4cnc5ccccc5c4)cccc23)cc1NC1CCC(O)CC1. The predicted octanol–water partition coefficient (Wildman–Crippen LogP) is 5.76. The lowest BCUT2D eigenvalue weighted by Crippen LogP contribution is -2.35. The van der Waals surface area contributed by atoms with Gasteiger partial charge < -0.3 is 20.9 Å². The summed E-state index contributed by atoms with van der Waals surface area (Å²) in [5.41, 5.74) is 12.8. The molecule has 2 fully saturated rings. The number of nitrogens with zero attached hydrogens (tertiary/aromatic N) is 3. The van der Waals surface area contributed by atoms with Gasteiger partial charge in [0.1, 0.15) is 0 Å². The zero-order chi connectivity index (χ0) is 30.0. The first-order valence-electron chi connectivity index (χ1n) is 15.5. The van der Waals surface area contributed by atoms with E-state index in [0.717, 1.165) is 102 Å². The quantitative estimate of drug-likeness (QED) is 0.222. The number of fused-ring (bicyclic) bond motifs is 2. The Labute approximate surface area is 256 Å². The summed E-state index contributed by atoms with van der Waals surface area (Å²) >= 11 is 0. The number of para-hydroxylation sites is 1. The Morgan fingerprint density at radius 3 is 2.57 bits per heavy atom. The average Bonchev–Trinajstić information content (AvgIpc) is 3.05. The molecule has 5 aromatic rings. The third kappa shape index (κ3) is 5.88. The van der Waals surface area contributed by atoms with Crippen LogP contribution in [0.15, 0.2) is 79.0 Å². The van der Waals surface area contributed by atoms with Gasteiger partial charge in [0, 0.05) is 59.5 Å². The predicted molar refractivity (Wildman–Crippen MR) is 174 cm³/mol. The smallest absolute Gasteiger partial charge is 0.250 e. The summed E-state index contributed by atoms with van der Waals surface area (Å²) in [7, 11) is 0. The number of hydrogen-bond donors (Lipinski definition) is 3. The molecule has 224 valence electrons. The Morgan fingerprint density at radius 2 is 1.75 bits per heavy atom. The molecule has 2 aliphatic rings. The van der Waals surface area contributed by atoms with Crippen molar-refractivity contribution in [1.29, 1.82) is 0 Å². The van der Waals surface area contributed by atoms with Gasteiger partial charge in [-0.2, -0.15) is 0 Å². The van der Waals surface area contributed by atoms with Gasteiger partial charge in [0.25, 0.3) is 5.91 Å². The topological polar surface area (TPSA) is 114 Å². The number of primary amides is 1. The van der Waals surface area contributed by atoms with Gasteiger partial charge in [-0.1, -0.05) is 42.5 Å². The van der Waals surface area contributed by atoms with Crippen LogP contribution in [0.4, 0.5) is 5.69 Å². The summed E-state index contributed by atoms with van der Waals surface area (Å²) in [5, 5.41) is 16.8. The van der Waals surface area contributed by atoms with Crippen LogP contribution in [0.5, 0.6) is 0 Å². The van der Waals surface area contributed by atoms with E-state index in [1.165, 1.54) is 0 Å². The van der Waals surface area contributed by atoms with Crippen LogP contribution in [0, 0.1) is 0 Å². The molecule has 0 unspecified atom stereocenters. The van der Waals surface area contributed by atoms with Gasteiger partial charge in [-0.3, -0.25) is 19.7 Å². The number of rotatable bonds is 7. The van der Waals surface area contributed by atoms with E-state index in [0.29, 0.717) is 17.8 Å². The number of ether oxygens (including phenoxy) is 1. The number of aliphatic hydroxyl groups is 1. The summed E-state index contributed by atoms with van der Waals surface area (Å²) in [6, 6.07) is 24.8. The highest BCUT2D eigenvalue weighted by Crippen LogP contribution is 2.37. The van der Waals surface area contributed by atoms with Gasteiger partial charge >= 0.3 is 0 Å². The molecule has 0 spiro atoms. The Hall–Kier alpha value is -4.37. The molecule has 1 aliphatic heterocycles. The number of aromatic nitrogens is 2. The number of carbonyl (C=O) groups excluding carboxylic acids is 1. The summed E-state index contributed by atoms with van der Waals surface area (Å²) in [5.74, 6) is -0.472. The van der Waals surface area contributed by atoms with Crippen molar-refractivity contribution in [3.63, 3.8) is 0 Å². The maximum atomic E-state index is 12.5. The Balaban J connectivity index is 1.36. The van der Waals surface area contributed by atoms with Crippen LogP contribution in [-0.4, -0.2) is 64.3 Å². The maximum Gasteiger partial charge on any atom is 0.250 e. The Kier molecular flexibility index (Phi) is 7.95. The first kappa shape index (κ1) is 28.4. The molecule has 1 amide bonds. The molecule has 44 heavy (non-hydrogen) atoms. The van der Waals surface area contributed by atoms with Crippen molar-refractivity contribution in [2.24, 2.45) is 5.73 Å². The number of aliphatic hydroxyl groups excluding tert-OH is 1. The number of pyridine rings is 2. The Morgan fingerprint density at radius 1 is 0.932 bits per heavy atom. The second-order valence-corrected chi connectivity index (χ2v) is 11.9. The lowest BCUT2D eigenvalue weighted by molar-refractivity contribution is 0.0337. The van der Waals surface area contributed by atoms with Crippen LogP contribution in [0.2, 0.25) is 0 Å². The lowest BCUT2D eigenvalue weighted by atomic mass is 9.92. The van der Waals surface area contributed by atoms with E-state index in [4.69, 9.17) is 20.4 Å². The molecule has 8 nitrogen and oxygen atoms in total. The molecule has 3 heterocycles. The van der Waals surface area contributed by atoms with Crippen molar-refractivity contribution in [2.45, 2.75) is 44.4 Å². The van der Waals surface area contributed by atoms with Crippen molar-refractivity contribution in [3.05, 3.63) is 90.3 Å². The van der Waals surface area contributed by atoms with Crippen molar-refractivity contribution >= 4 is 33.3 Å². The maximum absolute atomic E-state index is 12.5. The summed E-state index contributed by atoms with van der Waals surface area (Å²) in [6.45, 7) is 3.88. The number of benzene rings is 3. The molecular formula is C36H37N5O3. The number of hydrogen-bond acceptors (Lipinski definition) is 7. The number of carbonyl (C=O) groups is 1. The normalized spacial score (nSPS) is 19.3. The van der Waals surface area contributed by atoms with E-state index in [1.54, 1.807) is 6.07 Å². The minimum atomic E-state index is -0.472. The highest BCUT2D eigenvalue weighted by Gasteiger charge is 2.22. The fourth-order valence-corrected chi connectivity index (χ4v) is 6.56.